The monoisotopic (exact) mass is 365 g/mol. The molecular formula is C15H16BrN3O3. The maximum absolute atomic E-state index is 12.4. The highest BCUT2D eigenvalue weighted by Gasteiger charge is 2.35. The quantitative estimate of drug-likeness (QED) is 0.903. The highest BCUT2D eigenvalue weighted by molar-refractivity contribution is 9.10. The van der Waals surface area contributed by atoms with Gasteiger partial charge in [0, 0.05) is 17.7 Å². The van der Waals surface area contributed by atoms with Crippen LogP contribution in [0.15, 0.2) is 41.1 Å². The number of carboxylic acid groups (broad SMARTS) is 1. The first kappa shape index (κ1) is 16.2. The lowest BCUT2D eigenvalue weighted by molar-refractivity contribution is -0.147. The molecule has 1 heterocycles. The molecule has 22 heavy (non-hydrogen) atoms. The molecule has 0 fully saturated rings. The fourth-order valence-corrected chi connectivity index (χ4v) is 2.02. The van der Waals surface area contributed by atoms with E-state index in [2.05, 4.69) is 21.0 Å². The molecule has 0 aliphatic carbocycles. The molecule has 7 heteroatoms. The Bertz CT molecular complexity index is 707. The van der Waals surface area contributed by atoms with Crippen LogP contribution in [-0.2, 0) is 4.79 Å². The lowest BCUT2D eigenvalue weighted by Gasteiger charge is -2.31. The number of aliphatic carboxylic acids is 1. The molecule has 2 aromatic rings. The Labute approximate surface area is 136 Å². The van der Waals surface area contributed by atoms with E-state index in [1.165, 1.54) is 32.0 Å². The van der Waals surface area contributed by atoms with Gasteiger partial charge in [-0.3, -0.25) is 4.79 Å². The molecule has 1 aromatic carbocycles. The molecule has 6 nitrogen and oxygen atoms in total. The SMILES string of the molecule is CN(C(=O)c1cnn(-c2ccc(Br)cc2)c1)C(C)(C)C(=O)O. The number of amides is 1. The van der Waals surface area contributed by atoms with E-state index >= 15 is 0 Å². The van der Waals surface area contributed by atoms with Gasteiger partial charge in [-0.25, -0.2) is 9.48 Å². The van der Waals surface area contributed by atoms with E-state index in [9.17, 15) is 14.7 Å². The molecule has 0 spiro atoms. The molecule has 0 bridgehead atoms. The molecule has 1 N–H and O–H groups in total. The van der Waals surface area contributed by atoms with Crippen LogP contribution in [0.25, 0.3) is 5.69 Å². The van der Waals surface area contributed by atoms with Gasteiger partial charge in [0.25, 0.3) is 5.91 Å². The zero-order valence-corrected chi connectivity index (χ0v) is 14.0. The number of hydrogen-bond donors (Lipinski definition) is 1. The summed E-state index contributed by atoms with van der Waals surface area (Å²) in [6.07, 6.45) is 3.01. The summed E-state index contributed by atoms with van der Waals surface area (Å²) >= 11 is 3.35. The van der Waals surface area contributed by atoms with Gasteiger partial charge >= 0.3 is 5.97 Å². The second-order valence-electron chi connectivity index (χ2n) is 5.38. The summed E-state index contributed by atoms with van der Waals surface area (Å²) in [5.74, 6) is -1.46. The first-order chi connectivity index (χ1) is 10.2. The first-order valence-electron chi connectivity index (χ1n) is 6.55. The first-order valence-corrected chi connectivity index (χ1v) is 7.35. The summed E-state index contributed by atoms with van der Waals surface area (Å²) in [6, 6.07) is 7.46. The minimum Gasteiger partial charge on any atom is -0.480 e. The van der Waals surface area contributed by atoms with Crippen molar-refractivity contribution in [2.24, 2.45) is 0 Å². The molecule has 0 saturated carbocycles. The number of carboxylic acids is 1. The minimum atomic E-state index is -1.29. The second-order valence-corrected chi connectivity index (χ2v) is 6.29. The zero-order valence-electron chi connectivity index (χ0n) is 12.4. The van der Waals surface area contributed by atoms with Crippen molar-refractivity contribution >= 4 is 27.8 Å². The van der Waals surface area contributed by atoms with Crippen molar-refractivity contribution in [3.8, 4) is 5.69 Å². The Kier molecular flexibility index (Phi) is 4.37. The van der Waals surface area contributed by atoms with E-state index in [-0.39, 0.29) is 0 Å². The Morgan fingerprint density at radius 1 is 1.27 bits per heavy atom. The van der Waals surface area contributed by atoms with E-state index < -0.39 is 17.4 Å². The van der Waals surface area contributed by atoms with Crippen LogP contribution in [0.5, 0.6) is 0 Å². The Morgan fingerprint density at radius 2 is 1.86 bits per heavy atom. The number of halogens is 1. The van der Waals surface area contributed by atoms with Gasteiger partial charge in [0.2, 0.25) is 0 Å². The van der Waals surface area contributed by atoms with E-state index in [1.54, 1.807) is 10.9 Å². The lowest BCUT2D eigenvalue weighted by atomic mass is 10.0. The fourth-order valence-electron chi connectivity index (χ4n) is 1.76. The minimum absolute atomic E-state index is 0.333. The molecule has 0 atom stereocenters. The van der Waals surface area contributed by atoms with Crippen LogP contribution in [0.4, 0.5) is 0 Å². The molecule has 0 unspecified atom stereocenters. The largest absolute Gasteiger partial charge is 0.480 e. The average Bonchev–Trinajstić information content (AvgIpc) is 2.96. The number of aromatic nitrogens is 2. The van der Waals surface area contributed by atoms with Crippen LogP contribution in [-0.4, -0.2) is 44.3 Å². The van der Waals surface area contributed by atoms with Crippen LogP contribution in [0.2, 0.25) is 0 Å². The highest BCUT2D eigenvalue weighted by Crippen LogP contribution is 2.18. The van der Waals surface area contributed by atoms with Gasteiger partial charge < -0.3 is 10.0 Å². The molecule has 1 aromatic heterocycles. The molecule has 0 aliphatic heterocycles. The van der Waals surface area contributed by atoms with Gasteiger partial charge in [-0.1, -0.05) is 15.9 Å². The maximum Gasteiger partial charge on any atom is 0.329 e. The van der Waals surface area contributed by atoms with Crippen molar-refractivity contribution in [2.75, 3.05) is 7.05 Å². The van der Waals surface area contributed by atoms with Crippen molar-refractivity contribution in [1.82, 2.24) is 14.7 Å². The van der Waals surface area contributed by atoms with Gasteiger partial charge in [0.05, 0.1) is 17.4 Å². The van der Waals surface area contributed by atoms with Gasteiger partial charge in [0.15, 0.2) is 0 Å². The third-order valence-electron chi connectivity index (χ3n) is 3.59. The Balaban J connectivity index is 2.26. The predicted octanol–water partition coefficient (Wildman–Crippen LogP) is 2.57. The Hall–Kier alpha value is -2.15. The normalized spacial score (nSPS) is 11.3. The van der Waals surface area contributed by atoms with Crippen molar-refractivity contribution in [3.63, 3.8) is 0 Å². The van der Waals surface area contributed by atoms with Crippen molar-refractivity contribution < 1.29 is 14.7 Å². The molecule has 1 amide bonds. The van der Waals surface area contributed by atoms with E-state index in [4.69, 9.17) is 0 Å². The van der Waals surface area contributed by atoms with Gasteiger partial charge in [-0.2, -0.15) is 5.10 Å². The van der Waals surface area contributed by atoms with Crippen LogP contribution < -0.4 is 0 Å². The van der Waals surface area contributed by atoms with Crippen molar-refractivity contribution in [1.29, 1.82) is 0 Å². The van der Waals surface area contributed by atoms with Crippen LogP contribution in [0, 0.1) is 0 Å². The van der Waals surface area contributed by atoms with Crippen LogP contribution in [0.1, 0.15) is 24.2 Å². The highest BCUT2D eigenvalue weighted by atomic mass is 79.9. The van der Waals surface area contributed by atoms with Gasteiger partial charge in [-0.15, -0.1) is 0 Å². The van der Waals surface area contributed by atoms with Gasteiger partial charge in [0.1, 0.15) is 5.54 Å². The summed E-state index contributed by atoms with van der Waals surface area (Å²) < 4.78 is 2.52. The standard InChI is InChI=1S/C15H16BrN3O3/c1-15(2,14(21)22)18(3)13(20)10-8-17-19(9-10)12-6-4-11(16)5-7-12/h4-9H,1-3H3,(H,21,22). The lowest BCUT2D eigenvalue weighted by Crippen LogP contribution is -2.50. The summed E-state index contributed by atoms with van der Waals surface area (Å²) in [7, 11) is 1.47. The summed E-state index contributed by atoms with van der Waals surface area (Å²) in [4.78, 5) is 24.8. The van der Waals surface area contributed by atoms with Crippen molar-refractivity contribution in [2.45, 2.75) is 19.4 Å². The predicted molar refractivity (Wildman–Crippen MR) is 85.1 cm³/mol. The number of likely N-dealkylation sites (N-methyl/N-ethyl adjacent to an activating group) is 1. The summed E-state index contributed by atoms with van der Waals surface area (Å²) in [6.45, 7) is 2.96. The third kappa shape index (κ3) is 3.04. The zero-order chi connectivity index (χ0) is 16.5. The third-order valence-corrected chi connectivity index (χ3v) is 4.12. The number of nitrogens with zero attached hydrogens (tertiary/aromatic N) is 3. The maximum atomic E-state index is 12.4. The van der Waals surface area contributed by atoms with Gasteiger partial charge in [-0.05, 0) is 38.1 Å². The van der Waals surface area contributed by atoms with Crippen molar-refractivity contribution in [3.05, 3.63) is 46.7 Å². The fraction of sp³-hybridized carbons (Fsp3) is 0.267. The Morgan fingerprint density at radius 3 is 2.41 bits per heavy atom. The summed E-state index contributed by atoms with van der Waals surface area (Å²) in [5, 5.41) is 13.4. The van der Waals surface area contributed by atoms with E-state index in [0.717, 1.165) is 10.2 Å². The molecule has 0 radical (unpaired) electrons. The van der Waals surface area contributed by atoms with E-state index in [0.29, 0.717) is 5.56 Å². The average molecular weight is 366 g/mol. The number of rotatable bonds is 4. The van der Waals surface area contributed by atoms with Crippen LogP contribution in [0.3, 0.4) is 0 Å². The smallest absolute Gasteiger partial charge is 0.329 e. The van der Waals surface area contributed by atoms with Crippen LogP contribution >= 0.6 is 15.9 Å². The molecule has 2 rings (SSSR count). The molecule has 116 valence electrons. The molecule has 0 saturated heterocycles. The number of carbonyl (C=O) groups excluding carboxylic acids is 1. The number of hydrogen-bond acceptors (Lipinski definition) is 3. The second kappa shape index (κ2) is 5.92. The summed E-state index contributed by atoms with van der Waals surface area (Å²) in [5.41, 5.74) is -0.154. The number of benzene rings is 1. The topological polar surface area (TPSA) is 75.4 Å². The molecule has 0 aliphatic rings. The van der Waals surface area contributed by atoms with E-state index in [1.807, 2.05) is 24.3 Å². The molecular weight excluding hydrogens is 350 g/mol. The number of carbonyl (C=O) groups is 2.